The van der Waals surface area contributed by atoms with Gasteiger partial charge in [-0.15, -0.1) is 0 Å². The first kappa shape index (κ1) is 7.39. The van der Waals surface area contributed by atoms with Crippen molar-refractivity contribution in [3.63, 3.8) is 0 Å². The van der Waals surface area contributed by atoms with Gasteiger partial charge in [-0.2, -0.15) is 0 Å². The second kappa shape index (κ2) is 2.15. The van der Waals surface area contributed by atoms with E-state index in [-0.39, 0.29) is 5.41 Å². The van der Waals surface area contributed by atoms with Crippen LogP contribution in [0.25, 0.3) is 0 Å². The average Bonchev–Trinajstić information content (AvgIpc) is 2.11. The zero-order valence-corrected chi connectivity index (χ0v) is 6.99. The largest absolute Gasteiger partial charge is 0.465 e. The summed E-state index contributed by atoms with van der Waals surface area (Å²) in [4.78, 5) is 0. The Morgan fingerprint density at radius 2 is 2.00 bits per heavy atom. The fourth-order valence-electron chi connectivity index (χ4n) is 0.761. The summed E-state index contributed by atoms with van der Waals surface area (Å²) in [5, 5.41) is 0. The van der Waals surface area contributed by atoms with E-state index >= 15 is 0 Å². The second-order valence-corrected chi connectivity index (χ2v) is 3.56. The van der Waals surface area contributed by atoms with Gasteiger partial charge in [-0.3, -0.25) is 0 Å². The molecule has 55 valence electrons. The molecular weight excluding hydrogens is 124 g/mol. The summed E-state index contributed by atoms with van der Waals surface area (Å²) in [5.74, 6) is 1.87. The molecule has 10 heavy (non-hydrogen) atoms. The monoisotopic (exact) mass is 137 g/mol. The molecule has 0 saturated heterocycles. The molecule has 1 radical (unpaired) electrons. The van der Waals surface area contributed by atoms with Crippen LogP contribution in [0.3, 0.4) is 0 Å². The van der Waals surface area contributed by atoms with Crippen LogP contribution in [0.4, 0.5) is 0 Å². The highest BCUT2D eigenvalue weighted by Crippen LogP contribution is 2.23. The van der Waals surface area contributed by atoms with Gasteiger partial charge >= 0.3 is 0 Å². The molecule has 0 aromatic carbocycles. The topological polar surface area (TPSA) is 13.1 Å². The Morgan fingerprint density at radius 1 is 1.40 bits per heavy atom. The van der Waals surface area contributed by atoms with Crippen molar-refractivity contribution in [2.45, 2.75) is 33.1 Å². The van der Waals surface area contributed by atoms with Crippen LogP contribution in [0.2, 0.25) is 0 Å². The smallest absolute Gasteiger partial charge is 0.110 e. The first-order valence-corrected chi connectivity index (χ1v) is 3.49. The summed E-state index contributed by atoms with van der Waals surface area (Å²) < 4.78 is 5.39. The molecule has 1 heterocycles. The molecule has 0 unspecified atom stereocenters. The first-order chi connectivity index (χ1) is 4.50. The lowest BCUT2D eigenvalue weighted by atomic mass is 9.94. The predicted molar refractivity (Wildman–Crippen MR) is 41.0 cm³/mol. The van der Waals surface area contributed by atoms with E-state index in [9.17, 15) is 0 Å². The Kier molecular flexibility index (Phi) is 1.59. The van der Waals surface area contributed by atoms with Gasteiger partial charge in [0.1, 0.15) is 11.5 Å². The van der Waals surface area contributed by atoms with Crippen LogP contribution in [0, 0.1) is 13.0 Å². The van der Waals surface area contributed by atoms with Crippen LogP contribution in [-0.2, 0) is 5.41 Å². The van der Waals surface area contributed by atoms with Gasteiger partial charge in [-0.05, 0) is 13.0 Å². The van der Waals surface area contributed by atoms with Crippen LogP contribution >= 0.6 is 0 Å². The molecule has 0 atom stereocenters. The Bertz CT molecular complexity index is 215. The van der Waals surface area contributed by atoms with Crippen LogP contribution in [-0.4, -0.2) is 0 Å². The zero-order chi connectivity index (χ0) is 7.78. The van der Waals surface area contributed by atoms with Crippen molar-refractivity contribution >= 4 is 0 Å². The van der Waals surface area contributed by atoms with Gasteiger partial charge in [0.25, 0.3) is 0 Å². The van der Waals surface area contributed by atoms with Crippen molar-refractivity contribution in [3.8, 4) is 0 Å². The average molecular weight is 137 g/mol. The van der Waals surface area contributed by atoms with Gasteiger partial charge in [0.15, 0.2) is 0 Å². The molecule has 0 spiro atoms. The van der Waals surface area contributed by atoms with E-state index < -0.39 is 0 Å². The van der Waals surface area contributed by atoms with Crippen molar-refractivity contribution in [1.82, 2.24) is 0 Å². The van der Waals surface area contributed by atoms with Crippen LogP contribution in [0.1, 0.15) is 32.3 Å². The lowest BCUT2D eigenvalue weighted by Gasteiger charge is -2.13. The van der Waals surface area contributed by atoms with Crippen LogP contribution < -0.4 is 0 Å². The molecule has 0 saturated carbocycles. The van der Waals surface area contributed by atoms with Gasteiger partial charge < -0.3 is 4.42 Å². The molecule has 1 heteroatoms. The van der Waals surface area contributed by atoms with Gasteiger partial charge in [0, 0.05) is 11.5 Å². The predicted octanol–water partition coefficient (Wildman–Crippen LogP) is 2.69. The maximum Gasteiger partial charge on any atom is 0.110 e. The van der Waals surface area contributed by atoms with Crippen molar-refractivity contribution in [2.75, 3.05) is 0 Å². The molecule has 0 aliphatic rings. The van der Waals surface area contributed by atoms with Gasteiger partial charge in [0.05, 0.1) is 0 Å². The minimum Gasteiger partial charge on any atom is -0.465 e. The summed E-state index contributed by atoms with van der Waals surface area (Å²) in [6.07, 6.45) is 0. The Labute approximate surface area is 62.1 Å². The Morgan fingerprint density at radius 3 is 2.20 bits per heavy atom. The maximum absolute atomic E-state index is 5.39. The molecule has 1 aromatic rings. The maximum atomic E-state index is 5.39. The van der Waals surface area contributed by atoms with Gasteiger partial charge in [-0.25, -0.2) is 0 Å². The molecule has 0 fully saturated rings. The standard InChI is InChI=1S/C9H13O/c1-7-5-6-8(10-7)9(2,3)4/h6H,1-4H3. The molecule has 1 nitrogen and oxygen atoms in total. The van der Waals surface area contributed by atoms with E-state index in [4.69, 9.17) is 4.42 Å². The fraction of sp³-hybridized carbons (Fsp3) is 0.556. The van der Waals surface area contributed by atoms with E-state index in [0.29, 0.717) is 0 Å². The number of hydrogen-bond donors (Lipinski definition) is 0. The molecule has 1 rings (SSSR count). The molecule has 1 aromatic heterocycles. The summed E-state index contributed by atoms with van der Waals surface area (Å²) in [6.45, 7) is 8.28. The summed E-state index contributed by atoms with van der Waals surface area (Å²) in [5.41, 5.74) is 0.116. The summed E-state index contributed by atoms with van der Waals surface area (Å²) >= 11 is 0. The minimum atomic E-state index is 0.116. The third-order valence-electron chi connectivity index (χ3n) is 1.41. The molecule has 0 amide bonds. The van der Waals surface area contributed by atoms with Crippen molar-refractivity contribution in [2.24, 2.45) is 0 Å². The van der Waals surface area contributed by atoms with Crippen LogP contribution in [0.15, 0.2) is 10.5 Å². The summed E-state index contributed by atoms with van der Waals surface area (Å²) in [7, 11) is 0. The Hall–Kier alpha value is -0.720. The normalized spacial score (nSPS) is 12.0. The van der Waals surface area contributed by atoms with E-state index in [2.05, 4.69) is 26.8 Å². The SMILES string of the molecule is Cc1[c]cc(C(C)(C)C)o1. The number of hydrogen-bond acceptors (Lipinski definition) is 1. The van der Waals surface area contributed by atoms with E-state index in [0.717, 1.165) is 11.5 Å². The third-order valence-corrected chi connectivity index (χ3v) is 1.41. The Balaban J connectivity index is 2.96. The number of rotatable bonds is 0. The van der Waals surface area contributed by atoms with Gasteiger partial charge in [0.2, 0.25) is 0 Å². The lowest BCUT2D eigenvalue weighted by molar-refractivity contribution is 0.395. The molecule has 0 bridgehead atoms. The highest BCUT2D eigenvalue weighted by molar-refractivity contribution is 5.11. The lowest BCUT2D eigenvalue weighted by Crippen LogP contribution is -2.08. The number of furan rings is 1. The summed E-state index contributed by atoms with van der Waals surface area (Å²) in [6, 6.07) is 4.92. The highest BCUT2D eigenvalue weighted by Gasteiger charge is 2.16. The number of aryl methyl sites for hydroxylation is 1. The molecule has 0 aliphatic heterocycles. The molecule has 0 aliphatic carbocycles. The second-order valence-electron chi connectivity index (χ2n) is 3.56. The highest BCUT2D eigenvalue weighted by atomic mass is 16.3. The van der Waals surface area contributed by atoms with Crippen molar-refractivity contribution in [1.29, 1.82) is 0 Å². The van der Waals surface area contributed by atoms with Crippen LogP contribution in [0.5, 0.6) is 0 Å². The quantitative estimate of drug-likeness (QED) is 0.535. The van der Waals surface area contributed by atoms with Crippen molar-refractivity contribution in [3.05, 3.63) is 23.7 Å². The van der Waals surface area contributed by atoms with E-state index in [1.54, 1.807) is 0 Å². The van der Waals surface area contributed by atoms with Gasteiger partial charge in [-0.1, -0.05) is 20.8 Å². The first-order valence-electron chi connectivity index (χ1n) is 3.49. The molecule has 0 N–H and O–H groups in total. The van der Waals surface area contributed by atoms with E-state index in [1.807, 2.05) is 13.0 Å². The minimum absolute atomic E-state index is 0.116. The fourth-order valence-corrected chi connectivity index (χ4v) is 0.761. The van der Waals surface area contributed by atoms with Crippen molar-refractivity contribution < 1.29 is 4.42 Å². The molecular formula is C9H13O. The third kappa shape index (κ3) is 1.41. The van der Waals surface area contributed by atoms with E-state index in [1.165, 1.54) is 0 Å². The zero-order valence-electron chi connectivity index (χ0n) is 6.99.